The first-order valence-electron chi connectivity index (χ1n) is 9.45. The molecule has 0 radical (unpaired) electrons. The smallest absolute Gasteiger partial charge is 0.282 e. The Morgan fingerprint density at radius 3 is 2.17 bits per heavy atom. The number of carbonyl (C=O) groups is 2. The fraction of sp³-hybridized carbons (Fsp3) is 0.273. The summed E-state index contributed by atoms with van der Waals surface area (Å²) < 4.78 is 28.2. The van der Waals surface area contributed by atoms with E-state index in [4.69, 9.17) is 0 Å². The predicted octanol–water partition coefficient (Wildman–Crippen LogP) is 2.81. The minimum absolute atomic E-state index is 0.225. The molecule has 7 heteroatoms. The summed E-state index contributed by atoms with van der Waals surface area (Å²) in [6.45, 7) is 4.54. The van der Waals surface area contributed by atoms with Crippen molar-refractivity contribution in [2.45, 2.75) is 6.92 Å². The predicted molar refractivity (Wildman–Crippen MR) is 106 cm³/mol. The summed E-state index contributed by atoms with van der Waals surface area (Å²) in [5, 5.41) is 0. The van der Waals surface area contributed by atoms with Gasteiger partial charge < -0.3 is 9.80 Å². The van der Waals surface area contributed by atoms with Crippen molar-refractivity contribution < 1.29 is 18.4 Å². The van der Waals surface area contributed by atoms with Crippen molar-refractivity contribution in [3.8, 4) is 0 Å². The van der Waals surface area contributed by atoms with Crippen LogP contribution in [0.4, 0.5) is 14.5 Å². The molecule has 0 aromatic heterocycles. The zero-order valence-corrected chi connectivity index (χ0v) is 16.3. The topological polar surface area (TPSA) is 43.9 Å². The highest BCUT2D eigenvalue weighted by molar-refractivity contribution is 6.45. The monoisotopic (exact) mass is 397 g/mol. The van der Waals surface area contributed by atoms with E-state index < -0.39 is 23.4 Å². The van der Waals surface area contributed by atoms with Crippen molar-refractivity contribution in [2.75, 3.05) is 38.1 Å². The zero-order chi connectivity index (χ0) is 20.7. The molecule has 29 heavy (non-hydrogen) atoms. The molecule has 0 aliphatic carbocycles. The van der Waals surface area contributed by atoms with Crippen LogP contribution < -0.4 is 4.90 Å². The Labute approximate surface area is 167 Å². The lowest BCUT2D eigenvalue weighted by atomic mass is 10.0. The molecule has 5 nitrogen and oxygen atoms in total. The fourth-order valence-electron chi connectivity index (χ4n) is 3.70. The molecule has 1 fully saturated rings. The summed E-state index contributed by atoms with van der Waals surface area (Å²) in [4.78, 5) is 31.4. The van der Waals surface area contributed by atoms with E-state index in [9.17, 15) is 18.4 Å². The highest BCUT2D eigenvalue weighted by atomic mass is 19.1. The van der Waals surface area contributed by atoms with E-state index >= 15 is 0 Å². The molecule has 2 aromatic carbocycles. The maximum atomic E-state index is 14.4. The van der Waals surface area contributed by atoms with Gasteiger partial charge in [-0.3, -0.25) is 9.59 Å². The Morgan fingerprint density at radius 1 is 0.862 bits per heavy atom. The van der Waals surface area contributed by atoms with Gasteiger partial charge in [0.1, 0.15) is 17.3 Å². The van der Waals surface area contributed by atoms with Gasteiger partial charge in [-0.15, -0.1) is 0 Å². The zero-order valence-electron chi connectivity index (χ0n) is 16.3. The second-order valence-electron chi connectivity index (χ2n) is 7.42. The Kier molecular flexibility index (Phi) is 4.92. The highest BCUT2D eigenvalue weighted by Crippen LogP contribution is 2.36. The van der Waals surface area contributed by atoms with Gasteiger partial charge >= 0.3 is 0 Å². The average Bonchev–Trinajstić information content (AvgIpc) is 2.95. The molecule has 0 unspecified atom stereocenters. The molecule has 2 amide bonds. The van der Waals surface area contributed by atoms with Gasteiger partial charge in [-0.05, 0) is 31.7 Å². The number of hydrogen-bond donors (Lipinski definition) is 0. The number of piperazine rings is 1. The third-order valence-corrected chi connectivity index (χ3v) is 5.37. The molecular weight excluding hydrogens is 376 g/mol. The van der Waals surface area contributed by atoms with Gasteiger partial charge in [-0.25, -0.2) is 13.7 Å². The van der Waals surface area contributed by atoms with Gasteiger partial charge in [0.2, 0.25) is 0 Å². The first kappa shape index (κ1) is 19.3. The molecule has 2 heterocycles. The van der Waals surface area contributed by atoms with Crippen LogP contribution in [0.2, 0.25) is 0 Å². The minimum Gasteiger partial charge on any atom is -0.364 e. The van der Waals surface area contributed by atoms with Crippen molar-refractivity contribution >= 4 is 23.1 Å². The molecule has 0 saturated carbocycles. The maximum absolute atomic E-state index is 14.4. The first-order chi connectivity index (χ1) is 13.9. The molecule has 150 valence electrons. The van der Waals surface area contributed by atoms with Crippen LogP contribution in [0, 0.1) is 18.6 Å². The van der Waals surface area contributed by atoms with Crippen molar-refractivity contribution in [2.24, 2.45) is 0 Å². The van der Waals surface area contributed by atoms with Gasteiger partial charge in [-0.1, -0.05) is 29.8 Å². The van der Waals surface area contributed by atoms with Crippen LogP contribution in [0.15, 0.2) is 48.2 Å². The van der Waals surface area contributed by atoms with E-state index in [2.05, 4.69) is 4.90 Å². The van der Waals surface area contributed by atoms with Crippen LogP contribution >= 0.6 is 0 Å². The number of nitrogens with zero attached hydrogens (tertiary/aromatic N) is 3. The Bertz CT molecular complexity index is 1010. The molecule has 0 N–H and O–H groups in total. The van der Waals surface area contributed by atoms with Crippen LogP contribution in [0.25, 0.3) is 5.57 Å². The number of amides is 2. The van der Waals surface area contributed by atoms with Gasteiger partial charge in [-0.2, -0.15) is 0 Å². The van der Waals surface area contributed by atoms with Crippen molar-refractivity contribution in [3.63, 3.8) is 0 Å². The van der Waals surface area contributed by atoms with E-state index in [-0.39, 0.29) is 17.0 Å². The Balaban J connectivity index is 1.83. The summed E-state index contributed by atoms with van der Waals surface area (Å²) >= 11 is 0. The number of likely N-dealkylation sites (N-methyl/N-ethyl adjacent to an activating group) is 1. The summed E-state index contributed by atoms with van der Waals surface area (Å²) in [6.07, 6.45) is 0. The highest BCUT2D eigenvalue weighted by Gasteiger charge is 2.43. The van der Waals surface area contributed by atoms with Crippen LogP contribution in [0.1, 0.15) is 11.1 Å². The van der Waals surface area contributed by atoms with Crippen LogP contribution in [0.5, 0.6) is 0 Å². The number of halogens is 2. The summed E-state index contributed by atoms with van der Waals surface area (Å²) in [5.74, 6) is -2.81. The van der Waals surface area contributed by atoms with Crippen LogP contribution in [0.3, 0.4) is 0 Å². The van der Waals surface area contributed by atoms with Gasteiger partial charge in [0, 0.05) is 32.2 Å². The Morgan fingerprint density at radius 2 is 1.52 bits per heavy atom. The molecule has 0 spiro atoms. The fourth-order valence-corrected chi connectivity index (χ4v) is 3.70. The Hall–Kier alpha value is -3.06. The third-order valence-electron chi connectivity index (χ3n) is 5.37. The molecule has 2 aliphatic heterocycles. The number of hydrogen-bond acceptors (Lipinski definition) is 4. The lowest BCUT2D eigenvalue weighted by molar-refractivity contribution is -0.120. The van der Waals surface area contributed by atoms with Crippen molar-refractivity contribution in [1.82, 2.24) is 9.80 Å². The van der Waals surface area contributed by atoms with Crippen LogP contribution in [-0.4, -0.2) is 54.8 Å². The molecule has 2 aliphatic rings. The number of aryl methyl sites for hydroxylation is 1. The normalized spacial score (nSPS) is 18.2. The maximum Gasteiger partial charge on any atom is 0.282 e. The molecule has 1 saturated heterocycles. The van der Waals surface area contributed by atoms with E-state index in [0.29, 0.717) is 18.7 Å². The minimum atomic E-state index is -0.823. The number of rotatable bonds is 3. The van der Waals surface area contributed by atoms with Crippen LogP contribution in [-0.2, 0) is 9.59 Å². The van der Waals surface area contributed by atoms with Crippen molar-refractivity contribution in [3.05, 3.63) is 70.9 Å². The summed E-state index contributed by atoms with van der Waals surface area (Å²) in [5.41, 5.74) is 1.70. The number of imide groups is 1. The van der Waals surface area contributed by atoms with E-state index in [0.717, 1.165) is 41.8 Å². The molecule has 0 bridgehead atoms. The van der Waals surface area contributed by atoms with E-state index in [1.165, 1.54) is 0 Å². The average molecular weight is 397 g/mol. The molecule has 4 rings (SSSR count). The number of benzene rings is 2. The summed E-state index contributed by atoms with van der Waals surface area (Å²) in [7, 11) is 1.99. The van der Waals surface area contributed by atoms with Gasteiger partial charge in [0.25, 0.3) is 11.8 Å². The standard InChI is InChI=1S/C22H21F2N3O2/c1-14-3-5-15(6-4-14)19-20(26-11-9-25(2)10-12-26)22(29)27(21(19)28)18-13-16(23)7-8-17(18)24/h3-8,13H,9-12H2,1-2H3. The lowest BCUT2D eigenvalue weighted by Crippen LogP contribution is -2.46. The quantitative estimate of drug-likeness (QED) is 0.748. The summed E-state index contributed by atoms with van der Waals surface area (Å²) in [6, 6.07) is 10.0. The molecule has 0 atom stereocenters. The second kappa shape index (κ2) is 7.40. The van der Waals surface area contributed by atoms with E-state index in [1.54, 1.807) is 12.1 Å². The second-order valence-corrected chi connectivity index (χ2v) is 7.42. The third kappa shape index (κ3) is 3.42. The van der Waals surface area contributed by atoms with Crippen molar-refractivity contribution in [1.29, 1.82) is 0 Å². The lowest BCUT2D eigenvalue weighted by Gasteiger charge is -2.34. The molecule has 2 aromatic rings. The van der Waals surface area contributed by atoms with Gasteiger partial charge in [0.05, 0.1) is 11.3 Å². The number of carbonyl (C=O) groups excluding carboxylic acids is 2. The molecular formula is C22H21F2N3O2. The first-order valence-corrected chi connectivity index (χ1v) is 9.45. The SMILES string of the molecule is Cc1ccc(C2=C(N3CCN(C)CC3)C(=O)N(c3cc(F)ccc3F)C2=O)cc1. The largest absolute Gasteiger partial charge is 0.364 e. The van der Waals surface area contributed by atoms with E-state index in [1.807, 2.05) is 31.0 Å². The van der Waals surface area contributed by atoms with Gasteiger partial charge in [0.15, 0.2) is 0 Å². The number of anilines is 1.